The summed E-state index contributed by atoms with van der Waals surface area (Å²) in [7, 11) is -3.11. The van der Waals surface area contributed by atoms with Gasteiger partial charge in [-0.1, -0.05) is 119 Å². The summed E-state index contributed by atoms with van der Waals surface area (Å²) < 4.78 is 27.9. The number of hydrogen-bond acceptors (Lipinski definition) is 4. The quantitative estimate of drug-likeness (QED) is 0.0532. The molecule has 0 amide bonds. The predicted octanol–water partition coefficient (Wildman–Crippen LogP) is 7.52. The smallest absolute Gasteiger partial charge is 0.344 e. The van der Waals surface area contributed by atoms with Crippen LogP contribution in [0.3, 0.4) is 0 Å². The second-order valence-corrected chi connectivity index (χ2v) is 14.5. The van der Waals surface area contributed by atoms with E-state index in [4.69, 9.17) is 12.6 Å². The minimum absolute atomic E-state index is 0. The summed E-state index contributed by atoms with van der Waals surface area (Å²) in [6.45, 7) is 18.0. The molecule has 0 bridgehead atoms. The van der Waals surface area contributed by atoms with Crippen LogP contribution in [0.2, 0.25) is 0 Å². The van der Waals surface area contributed by atoms with Gasteiger partial charge in [0.05, 0.1) is 5.41 Å². The molecule has 260 valence electrons. The van der Waals surface area contributed by atoms with Crippen molar-refractivity contribution in [3.8, 4) is 0 Å². The van der Waals surface area contributed by atoms with Crippen LogP contribution >= 0.6 is 0 Å². The average Bonchev–Trinajstić information content (AvgIpc) is 3.45. The summed E-state index contributed by atoms with van der Waals surface area (Å²) in [6, 6.07) is 26.8. The normalized spacial score (nSPS) is 16.7. The van der Waals surface area contributed by atoms with Crippen molar-refractivity contribution in [2.45, 2.75) is 77.6 Å². The van der Waals surface area contributed by atoms with Gasteiger partial charge in [0.1, 0.15) is 6.54 Å². The van der Waals surface area contributed by atoms with E-state index in [1.807, 2.05) is 0 Å². The monoisotopic (exact) mass is 709 g/mol. The zero-order chi connectivity index (χ0) is 35.9. The van der Waals surface area contributed by atoms with Gasteiger partial charge in [-0.3, -0.25) is 0 Å². The second kappa shape index (κ2) is 17.8. The van der Waals surface area contributed by atoms with E-state index in [0.29, 0.717) is 0 Å². The molecule has 0 saturated carbocycles. The fourth-order valence-electron chi connectivity index (χ4n) is 7.83. The molecule has 2 aliphatic heterocycles. The zero-order valence-corrected chi connectivity index (χ0v) is 34.0. The zero-order valence-electron chi connectivity index (χ0n) is 31.2. The number of fused-ring (bicyclic) bond motifs is 6. The number of unbranched alkanes of at least 4 members (excludes halogenated alkanes) is 3. The summed E-state index contributed by atoms with van der Waals surface area (Å²) in [5.74, 6) is 0. The minimum Gasteiger partial charge on any atom is -0.344 e. The number of hydrogen-bond donors (Lipinski definition) is 0. The molecule has 7 heteroatoms. The van der Waals surface area contributed by atoms with Crippen molar-refractivity contribution in [1.29, 1.82) is 0 Å². The molecule has 0 atom stereocenters. The first-order valence-electron chi connectivity index (χ1n) is 17.8. The first-order chi connectivity index (χ1) is 24.0. The maximum atomic E-state index is 8.44. The van der Waals surface area contributed by atoms with Crippen molar-refractivity contribution in [3.63, 3.8) is 0 Å². The molecular formula is C44H50N2NaO3S+. The standard InChI is InChI=1S/C44H50N2.Na.O3S/c1-7-9-20-32-46-38-30-28-34-22-17-19-24-36(34)42(38)44(5,6)40(46)26-15-13-11-12-14-25-39-43(3,4)41-35-23-18-16-21-33(35)27-29-37(41)45(39)31-10-8-2;;1-4(2)3/h11-19,21-30H,2,7-10,20,31-32H2,1,3-6H3;;/q;+1;. The van der Waals surface area contributed by atoms with E-state index in [9.17, 15) is 0 Å². The largest absolute Gasteiger partial charge is 1.00 e. The Morgan fingerprint density at radius 3 is 1.96 bits per heavy atom. The van der Waals surface area contributed by atoms with Crippen molar-refractivity contribution in [2.75, 3.05) is 18.0 Å². The van der Waals surface area contributed by atoms with Crippen LogP contribution in [0.4, 0.5) is 11.4 Å². The summed E-state index contributed by atoms with van der Waals surface area (Å²) >= 11 is 0. The van der Waals surface area contributed by atoms with Crippen LogP contribution in [-0.2, 0) is 21.4 Å². The Morgan fingerprint density at radius 2 is 1.31 bits per heavy atom. The van der Waals surface area contributed by atoms with E-state index >= 15 is 0 Å². The third-order valence-corrected chi connectivity index (χ3v) is 10.1. The van der Waals surface area contributed by atoms with Crippen LogP contribution in [-0.4, -0.2) is 36.0 Å². The van der Waals surface area contributed by atoms with Gasteiger partial charge in [-0.15, -0.1) is 12.6 Å². The Labute approximate surface area is 328 Å². The summed E-state index contributed by atoms with van der Waals surface area (Å²) in [4.78, 5) is 2.52. The van der Waals surface area contributed by atoms with Crippen LogP contribution in [0.15, 0.2) is 121 Å². The molecule has 0 spiro atoms. The molecule has 0 fully saturated rings. The fraction of sp³-hybridized carbons (Fsp3) is 0.318. The van der Waals surface area contributed by atoms with Crippen LogP contribution < -0.4 is 34.5 Å². The minimum atomic E-state index is -3.11. The van der Waals surface area contributed by atoms with Crippen LogP contribution in [0.1, 0.15) is 77.8 Å². The maximum absolute atomic E-state index is 8.44. The average molecular weight is 710 g/mol. The van der Waals surface area contributed by atoms with E-state index in [1.54, 1.807) is 0 Å². The molecule has 0 aliphatic carbocycles. The molecule has 2 heterocycles. The molecule has 0 unspecified atom stereocenters. The van der Waals surface area contributed by atoms with Gasteiger partial charge in [0.2, 0.25) is 5.69 Å². The molecule has 5 nitrogen and oxygen atoms in total. The molecule has 2 aliphatic rings. The molecule has 4 aromatic carbocycles. The summed E-state index contributed by atoms with van der Waals surface area (Å²) in [6.07, 6.45) is 21.3. The molecule has 51 heavy (non-hydrogen) atoms. The number of anilines is 1. The Hall–Kier alpha value is -3.55. The predicted molar refractivity (Wildman–Crippen MR) is 210 cm³/mol. The van der Waals surface area contributed by atoms with Crippen molar-refractivity contribution >= 4 is 49.2 Å². The van der Waals surface area contributed by atoms with Gasteiger partial charge in [0, 0.05) is 47.5 Å². The molecule has 0 N–H and O–H groups in total. The first kappa shape index (κ1) is 40.2. The number of rotatable bonds is 11. The molecule has 0 radical (unpaired) electrons. The topological polar surface area (TPSA) is 57.5 Å². The van der Waals surface area contributed by atoms with Gasteiger partial charge in [0.15, 0.2) is 5.71 Å². The van der Waals surface area contributed by atoms with Crippen molar-refractivity contribution in [3.05, 3.63) is 139 Å². The fourth-order valence-corrected chi connectivity index (χ4v) is 7.83. The Morgan fingerprint density at radius 1 is 0.725 bits per heavy atom. The molecule has 0 saturated heterocycles. The molecular weight excluding hydrogens is 660 g/mol. The number of nitrogens with zero attached hydrogens (tertiary/aromatic N) is 2. The number of benzene rings is 4. The second-order valence-electron chi connectivity index (χ2n) is 14.1. The molecule has 6 rings (SSSR count). The SMILES string of the molecule is O=S(=O)=O.[CH2-]CCCN1/C(=C/C=C/C=C/C=C/C2=[N+](CCCCC)c3ccc4ccccc4c3C2(C)C)C(C)(C)c2c1ccc1ccccc21.[Na+]. The van der Waals surface area contributed by atoms with Gasteiger partial charge in [0.25, 0.3) is 0 Å². The van der Waals surface area contributed by atoms with Gasteiger partial charge in [-0.25, -0.2) is 0 Å². The van der Waals surface area contributed by atoms with Gasteiger partial charge < -0.3 is 11.8 Å². The van der Waals surface area contributed by atoms with Crippen LogP contribution in [0.5, 0.6) is 0 Å². The Kier molecular flexibility index (Phi) is 14.0. The number of allylic oxidation sites excluding steroid dienone is 8. The van der Waals surface area contributed by atoms with Gasteiger partial charge in [-0.05, 0) is 65.6 Å². The summed E-state index contributed by atoms with van der Waals surface area (Å²) in [5.41, 5.74) is 8.16. The Bertz CT molecular complexity index is 2130. The molecule has 4 aromatic rings. The van der Waals surface area contributed by atoms with Crippen molar-refractivity contribution < 1.29 is 46.8 Å². The first-order valence-corrected chi connectivity index (χ1v) is 18.8. The van der Waals surface area contributed by atoms with Crippen LogP contribution in [0.25, 0.3) is 21.5 Å². The van der Waals surface area contributed by atoms with Crippen molar-refractivity contribution in [1.82, 2.24) is 0 Å². The van der Waals surface area contributed by atoms with Crippen LogP contribution in [0, 0.1) is 6.92 Å². The van der Waals surface area contributed by atoms with Gasteiger partial charge in [-0.2, -0.15) is 11.0 Å². The Balaban J connectivity index is 0.00000111. The van der Waals surface area contributed by atoms with Gasteiger partial charge >= 0.3 is 40.2 Å². The van der Waals surface area contributed by atoms with E-state index in [1.165, 1.54) is 74.7 Å². The third kappa shape index (κ3) is 8.58. The molecule has 0 aromatic heterocycles. The van der Waals surface area contributed by atoms with E-state index < -0.39 is 10.6 Å². The third-order valence-electron chi connectivity index (χ3n) is 10.1. The van der Waals surface area contributed by atoms with E-state index in [2.05, 4.69) is 166 Å². The maximum Gasteiger partial charge on any atom is 1.00 e. The summed E-state index contributed by atoms with van der Waals surface area (Å²) in [5, 5.41) is 5.35. The van der Waals surface area contributed by atoms with Crippen molar-refractivity contribution in [2.24, 2.45) is 0 Å². The van der Waals surface area contributed by atoms with E-state index in [-0.39, 0.29) is 40.4 Å². The van der Waals surface area contributed by atoms with E-state index in [0.717, 1.165) is 25.9 Å².